The summed E-state index contributed by atoms with van der Waals surface area (Å²) >= 11 is 3.35. The molecule has 90 valence electrons. The molecule has 1 aromatic heterocycles. The number of aromatic nitrogens is 1. The highest BCUT2D eigenvalue weighted by Crippen LogP contribution is 2.21. The van der Waals surface area contributed by atoms with E-state index in [1.54, 1.807) is 7.11 Å². The SMILES string of the molecule is COCCC(C)(C)CNc1cccc(Br)n1. The molecule has 1 rings (SSSR count). The van der Waals surface area contributed by atoms with Crippen LogP contribution in [0.4, 0.5) is 5.82 Å². The zero-order chi connectivity index (χ0) is 12.0. The van der Waals surface area contributed by atoms with E-state index in [1.807, 2.05) is 18.2 Å². The molecule has 0 saturated carbocycles. The Balaban J connectivity index is 2.44. The highest BCUT2D eigenvalue weighted by Gasteiger charge is 2.17. The summed E-state index contributed by atoms with van der Waals surface area (Å²) in [5, 5.41) is 3.34. The van der Waals surface area contributed by atoms with Crippen LogP contribution in [0.1, 0.15) is 20.3 Å². The Labute approximate surface area is 106 Å². The molecule has 1 aromatic rings. The van der Waals surface area contributed by atoms with Crippen LogP contribution >= 0.6 is 15.9 Å². The fraction of sp³-hybridized carbons (Fsp3) is 0.583. The molecule has 0 radical (unpaired) electrons. The maximum absolute atomic E-state index is 5.10. The third-order valence-electron chi connectivity index (χ3n) is 2.45. The number of ether oxygens (including phenoxy) is 1. The molecule has 1 N–H and O–H groups in total. The largest absolute Gasteiger partial charge is 0.385 e. The predicted octanol–water partition coefficient (Wildman–Crippen LogP) is 3.32. The van der Waals surface area contributed by atoms with Crippen LogP contribution in [0, 0.1) is 5.41 Å². The second kappa shape index (κ2) is 6.21. The number of hydrogen-bond acceptors (Lipinski definition) is 3. The van der Waals surface area contributed by atoms with Gasteiger partial charge in [-0.15, -0.1) is 0 Å². The molecule has 0 aliphatic carbocycles. The minimum atomic E-state index is 0.208. The number of pyridine rings is 1. The van der Waals surface area contributed by atoms with Gasteiger partial charge in [-0.2, -0.15) is 0 Å². The van der Waals surface area contributed by atoms with Gasteiger partial charge in [0.25, 0.3) is 0 Å². The first kappa shape index (κ1) is 13.5. The van der Waals surface area contributed by atoms with Crippen molar-refractivity contribution in [1.82, 2.24) is 4.98 Å². The zero-order valence-corrected chi connectivity index (χ0v) is 11.7. The van der Waals surface area contributed by atoms with Crippen molar-refractivity contribution in [1.29, 1.82) is 0 Å². The summed E-state index contributed by atoms with van der Waals surface area (Å²) in [6.07, 6.45) is 1.03. The average Bonchev–Trinajstić information content (AvgIpc) is 2.24. The third-order valence-corrected chi connectivity index (χ3v) is 2.89. The van der Waals surface area contributed by atoms with Crippen molar-refractivity contribution < 1.29 is 4.74 Å². The van der Waals surface area contributed by atoms with E-state index in [1.165, 1.54) is 0 Å². The summed E-state index contributed by atoms with van der Waals surface area (Å²) in [6.45, 7) is 6.12. The average molecular weight is 287 g/mol. The first-order chi connectivity index (χ1) is 7.53. The van der Waals surface area contributed by atoms with E-state index in [4.69, 9.17) is 4.74 Å². The van der Waals surface area contributed by atoms with Gasteiger partial charge in [-0.1, -0.05) is 19.9 Å². The summed E-state index contributed by atoms with van der Waals surface area (Å²) < 4.78 is 5.95. The van der Waals surface area contributed by atoms with Crippen molar-refractivity contribution in [3.05, 3.63) is 22.8 Å². The van der Waals surface area contributed by atoms with Crippen molar-refractivity contribution in [2.75, 3.05) is 25.6 Å². The van der Waals surface area contributed by atoms with Gasteiger partial charge >= 0.3 is 0 Å². The Morgan fingerprint density at radius 1 is 1.44 bits per heavy atom. The Hall–Kier alpha value is -0.610. The van der Waals surface area contributed by atoms with Gasteiger partial charge in [-0.3, -0.25) is 0 Å². The molecule has 0 unspecified atom stereocenters. The van der Waals surface area contributed by atoms with Gasteiger partial charge in [-0.05, 0) is 39.9 Å². The fourth-order valence-electron chi connectivity index (χ4n) is 1.30. The number of nitrogens with zero attached hydrogens (tertiary/aromatic N) is 1. The first-order valence-electron chi connectivity index (χ1n) is 5.39. The topological polar surface area (TPSA) is 34.1 Å². The lowest BCUT2D eigenvalue weighted by molar-refractivity contribution is 0.157. The lowest BCUT2D eigenvalue weighted by Crippen LogP contribution is -2.24. The Bertz CT molecular complexity index is 329. The van der Waals surface area contributed by atoms with Crippen LogP contribution in [0.15, 0.2) is 22.8 Å². The number of halogens is 1. The normalized spacial score (nSPS) is 11.5. The van der Waals surface area contributed by atoms with Gasteiger partial charge in [0.1, 0.15) is 10.4 Å². The summed E-state index contributed by atoms with van der Waals surface area (Å²) in [5.74, 6) is 0.903. The van der Waals surface area contributed by atoms with Crippen LogP contribution in [0.3, 0.4) is 0 Å². The van der Waals surface area contributed by atoms with E-state index < -0.39 is 0 Å². The Morgan fingerprint density at radius 2 is 2.19 bits per heavy atom. The molecule has 0 aliphatic rings. The predicted molar refractivity (Wildman–Crippen MR) is 70.7 cm³/mol. The minimum Gasteiger partial charge on any atom is -0.385 e. The number of rotatable bonds is 6. The van der Waals surface area contributed by atoms with Gasteiger partial charge in [0.15, 0.2) is 0 Å². The van der Waals surface area contributed by atoms with Gasteiger partial charge in [0, 0.05) is 20.3 Å². The smallest absolute Gasteiger partial charge is 0.127 e. The number of nitrogens with one attached hydrogen (secondary N) is 1. The summed E-state index contributed by atoms with van der Waals surface area (Å²) in [7, 11) is 1.74. The molecule has 0 aliphatic heterocycles. The maximum Gasteiger partial charge on any atom is 0.127 e. The number of methoxy groups -OCH3 is 1. The van der Waals surface area contributed by atoms with Gasteiger partial charge in [0.2, 0.25) is 0 Å². The summed E-state index contributed by atoms with van der Waals surface area (Å²) in [4.78, 5) is 4.33. The lowest BCUT2D eigenvalue weighted by Gasteiger charge is -2.24. The highest BCUT2D eigenvalue weighted by molar-refractivity contribution is 9.10. The monoisotopic (exact) mass is 286 g/mol. The second-order valence-corrected chi connectivity index (χ2v) is 5.42. The molecule has 0 aromatic carbocycles. The molecule has 0 bridgehead atoms. The van der Waals surface area contributed by atoms with Crippen molar-refractivity contribution in [3.63, 3.8) is 0 Å². The molecule has 16 heavy (non-hydrogen) atoms. The highest BCUT2D eigenvalue weighted by atomic mass is 79.9. The molecule has 0 amide bonds. The number of hydrogen-bond donors (Lipinski definition) is 1. The molecule has 3 nitrogen and oxygen atoms in total. The van der Waals surface area contributed by atoms with Crippen LogP contribution in [-0.2, 0) is 4.74 Å². The van der Waals surface area contributed by atoms with Crippen molar-refractivity contribution in [3.8, 4) is 0 Å². The summed E-state index contributed by atoms with van der Waals surface area (Å²) in [6, 6.07) is 5.86. The van der Waals surface area contributed by atoms with E-state index in [-0.39, 0.29) is 5.41 Å². The standard InChI is InChI=1S/C12H19BrN2O/c1-12(2,7-8-16-3)9-14-11-6-4-5-10(13)15-11/h4-6H,7-9H2,1-3H3,(H,14,15). The van der Waals surface area contributed by atoms with E-state index in [0.717, 1.165) is 30.0 Å². The van der Waals surface area contributed by atoms with Crippen LogP contribution in [0.5, 0.6) is 0 Å². The van der Waals surface area contributed by atoms with E-state index in [9.17, 15) is 0 Å². The van der Waals surface area contributed by atoms with Crippen molar-refractivity contribution in [2.45, 2.75) is 20.3 Å². The van der Waals surface area contributed by atoms with Gasteiger partial charge in [-0.25, -0.2) is 4.98 Å². The quantitative estimate of drug-likeness (QED) is 0.815. The van der Waals surface area contributed by atoms with E-state index >= 15 is 0 Å². The van der Waals surface area contributed by atoms with Gasteiger partial charge in [0.05, 0.1) is 0 Å². The molecule has 0 atom stereocenters. The summed E-state index contributed by atoms with van der Waals surface area (Å²) in [5.41, 5.74) is 0.208. The minimum absolute atomic E-state index is 0.208. The van der Waals surface area contributed by atoms with Crippen LogP contribution in [0.2, 0.25) is 0 Å². The molecule has 0 fully saturated rings. The molecule has 4 heteroatoms. The lowest BCUT2D eigenvalue weighted by atomic mass is 9.90. The third kappa shape index (κ3) is 4.94. The Kier molecular flexibility index (Phi) is 5.22. The molecule has 0 saturated heterocycles. The molecular formula is C12H19BrN2O. The first-order valence-corrected chi connectivity index (χ1v) is 6.18. The fourth-order valence-corrected chi connectivity index (χ4v) is 1.65. The van der Waals surface area contributed by atoms with E-state index in [0.29, 0.717) is 0 Å². The van der Waals surface area contributed by atoms with Crippen molar-refractivity contribution in [2.24, 2.45) is 5.41 Å². The second-order valence-electron chi connectivity index (χ2n) is 4.61. The van der Waals surface area contributed by atoms with Crippen LogP contribution in [0.25, 0.3) is 0 Å². The zero-order valence-electron chi connectivity index (χ0n) is 10.1. The van der Waals surface area contributed by atoms with E-state index in [2.05, 4.69) is 40.1 Å². The van der Waals surface area contributed by atoms with Crippen LogP contribution < -0.4 is 5.32 Å². The Morgan fingerprint density at radius 3 is 2.81 bits per heavy atom. The number of anilines is 1. The van der Waals surface area contributed by atoms with Gasteiger partial charge < -0.3 is 10.1 Å². The molecule has 0 spiro atoms. The van der Waals surface area contributed by atoms with Crippen molar-refractivity contribution >= 4 is 21.7 Å². The maximum atomic E-state index is 5.10. The molecular weight excluding hydrogens is 268 g/mol. The van der Waals surface area contributed by atoms with Crippen LogP contribution in [-0.4, -0.2) is 25.2 Å². The molecule has 1 heterocycles.